The Morgan fingerprint density at radius 2 is 2.00 bits per heavy atom. The largest absolute Gasteiger partial charge is 0.382 e. The highest BCUT2D eigenvalue weighted by Gasteiger charge is 2.17. The Kier molecular flexibility index (Phi) is 4.24. The van der Waals surface area contributed by atoms with Gasteiger partial charge in [-0.25, -0.2) is 9.07 Å². The van der Waals surface area contributed by atoms with Crippen LogP contribution in [-0.4, -0.2) is 20.9 Å². The summed E-state index contributed by atoms with van der Waals surface area (Å²) < 4.78 is 14.6. The molecule has 1 heterocycles. The maximum atomic E-state index is 13.2. The minimum atomic E-state index is -0.443. The van der Waals surface area contributed by atoms with Crippen LogP contribution in [0.4, 0.5) is 15.9 Å². The number of benzene rings is 2. The standard InChI is InChI=1S/C17H16FN5O/c1-11-5-7-14(8-6-11)20-17(24)15-16(19)23(22-21-15)10-12-3-2-4-13(18)9-12/h2-9H,10,19H2,1H3,(H,20,24). The van der Waals surface area contributed by atoms with Crippen molar-refractivity contribution in [2.75, 3.05) is 11.1 Å². The van der Waals surface area contributed by atoms with Gasteiger partial charge < -0.3 is 11.1 Å². The number of anilines is 2. The minimum absolute atomic E-state index is 0.0342. The van der Waals surface area contributed by atoms with E-state index in [0.717, 1.165) is 5.56 Å². The first-order valence-corrected chi connectivity index (χ1v) is 7.34. The number of aromatic nitrogens is 3. The summed E-state index contributed by atoms with van der Waals surface area (Å²) in [7, 11) is 0. The first kappa shape index (κ1) is 15.7. The van der Waals surface area contributed by atoms with Gasteiger partial charge in [0.05, 0.1) is 6.54 Å². The van der Waals surface area contributed by atoms with Gasteiger partial charge in [0, 0.05) is 5.69 Å². The molecule has 0 aliphatic carbocycles. The Hall–Kier alpha value is -3.22. The molecule has 0 bridgehead atoms. The number of halogens is 1. The van der Waals surface area contributed by atoms with Crippen LogP contribution in [-0.2, 0) is 6.54 Å². The van der Waals surface area contributed by atoms with E-state index < -0.39 is 5.91 Å². The zero-order valence-electron chi connectivity index (χ0n) is 13.0. The number of carbonyl (C=O) groups excluding carboxylic acids is 1. The number of amides is 1. The van der Waals surface area contributed by atoms with Gasteiger partial charge in [-0.2, -0.15) is 0 Å². The summed E-state index contributed by atoms with van der Waals surface area (Å²) in [5.41, 5.74) is 8.40. The third kappa shape index (κ3) is 3.40. The van der Waals surface area contributed by atoms with E-state index in [1.54, 1.807) is 24.3 Å². The van der Waals surface area contributed by atoms with E-state index in [1.165, 1.54) is 16.8 Å². The Balaban J connectivity index is 1.76. The van der Waals surface area contributed by atoms with E-state index >= 15 is 0 Å². The molecule has 0 aliphatic rings. The summed E-state index contributed by atoms with van der Waals surface area (Å²) >= 11 is 0. The van der Waals surface area contributed by atoms with E-state index in [-0.39, 0.29) is 23.9 Å². The number of aryl methyl sites for hydroxylation is 1. The molecule has 6 nitrogen and oxygen atoms in total. The van der Waals surface area contributed by atoms with Crippen molar-refractivity contribution in [2.24, 2.45) is 0 Å². The summed E-state index contributed by atoms with van der Waals surface area (Å²) in [4.78, 5) is 12.3. The number of nitrogen functional groups attached to an aromatic ring is 1. The van der Waals surface area contributed by atoms with Gasteiger partial charge in [-0.1, -0.05) is 35.0 Å². The lowest BCUT2D eigenvalue weighted by Crippen LogP contribution is -2.15. The van der Waals surface area contributed by atoms with Crippen molar-refractivity contribution in [1.82, 2.24) is 15.0 Å². The maximum absolute atomic E-state index is 13.2. The molecule has 0 unspecified atom stereocenters. The second-order valence-corrected chi connectivity index (χ2v) is 5.43. The molecule has 24 heavy (non-hydrogen) atoms. The average Bonchev–Trinajstić information content (AvgIpc) is 2.91. The molecule has 0 radical (unpaired) electrons. The molecule has 3 rings (SSSR count). The van der Waals surface area contributed by atoms with E-state index in [1.807, 2.05) is 19.1 Å². The number of hydrogen-bond acceptors (Lipinski definition) is 4. The van der Waals surface area contributed by atoms with Crippen molar-refractivity contribution in [1.29, 1.82) is 0 Å². The summed E-state index contributed by atoms with van der Waals surface area (Å²) in [5, 5.41) is 10.4. The Morgan fingerprint density at radius 1 is 1.25 bits per heavy atom. The number of rotatable bonds is 4. The highest BCUT2D eigenvalue weighted by atomic mass is 19.1. The average molecular weight is 325 g/mol. The molecule has 3 aromatic rings. The predicted octanol–water partition coefficient (Wildman–Crippen LogP) is 2.61. The van der Waals surface area contributed by atoms with Crippen molar-refractivity contribution < 1.29 is 9.18 Å². The van der Waals surface area contributed by atoms with Gasteiger partial charge in [0.15, 0.2) is 11.5 Å². The second kappa shape index (κ2) is 6.49. The third-order valence-electron chi connectivity index (χ3n) is 3.52. The SMILES string of the molecule is Cc1ccc(NC(=O)c2nnn(Cc3cccc(F)c3)c2N)cc1. The van der Waals surface area contributed by atoms with Gasteiger partial charge in [0.1, 0.15) is 5.82 Å². The molecular weight excluding hydrogens is 309 g/mol. The zero-order valence-corrected chi connectivity index (χ0v) is 13.0. The molecule has 0 saturated heterocycles. The molecule has 0 saturated carbocycles. The smallest absolute Gasteiger partial charge is 0.280 e. The molecule has 2 aromatic carbocycles. The molecular formula is C17H16FN5O. The Bertz CT molecular complexity index is 873. The lowest BCUT2D eigenvalue weighted by molar-refractivity contribution is 0.102. The predicted molar refractivity (Wildman–Crippen MR) is 89.1 cm³/mol. The van der Waals surface area contributed by atoms with E-state index in [0.29, 0.717) is 11.3 Å². The fourth-order valence-corrected chi connectivity index (χ4v) is 2.23. The van der Waals surface area contributed by atoms with Gasteiger partial charge in [-0.05, 0) is 36.8 Å². The summed E-state index contributed by atoms with van der Waals surface area (Å²) in [6.45, 7) is 2.19. The number of nitrogens with zero attached hydrogens (tertiary/aromatic N) is 3. The fourth-order valence-electron chi connectivity index (χ4n) is 2.23. The van der Waals surface area contributed by atoms with Crippen molar-refractivity contribution in [3.8, 4) is 0 Å². The normalized spacial score (nSPS) is 10.6. The topological polar surface area (TPSA) is 85.8 Å². The molecule has 0 fully saturated rings. The molecule has 122 valence electrons. The highest BCUT2D eigenvalue weighted by Crippen LogP contribution is 2.15. The van der Waals surface area contributed by atoms with Gasteiger partial charge in [-0.3, -0.25) is 4.79 Å². The number of nitrogens with two attached hydrogens (primary N) is 1. The van der Waals surface area contributed by atoms with Crippen LogP contribution < -0.4 is 11.1 Å². The molecule has 7 heteroatoms. The lowest BCUT2D eigenvalue weighted by Gasteiger charge is -2.05. The molecule has 0 spiro atoms. The van der Waals surface area contributed by atoms with Crippen LogP contribution in [0.15, 0.2) is 48.5 Å². The van der Waals surface area contributed by atoms with Crippen LogP contribution in [0.2, 0.25) is 0 Å². The molecule has 0 aliphatic heterocycles. The van der Waals surface area contributed by atoms with Crippen LogP contribution in [0.25, 0.3) is 0 Å². The highest BCUT2D eigenvalue weighted by molar-refractivity contribution is 6.05. The van der Waals surface area contributed by atoms with Crippen molar-refractivity contribution in [3.05, 3.63) is 71.2 Å². The minimum Gasteiger partial charge on any atom is -0.382 e. The summed E-state index contributed by atoms with van der Waals surface area (Å²) in [6.07, 6.45) is 0. The van der Waals surface area contributed by atoms with Crippen LogP contribution in [0.3, 0.4) is 0 Å². The zero-order chi connectivity index (χ0) is 17.1. The van der Waals surface area contributed by atoms with Crippen LogP contribution in [0.5, 0.6) is 0 Å². The van der Waals surface area contributed by atoms with E-state index in [2.05, 4.69) is 15.6 Å². The monoisotopic (exact) mass is 325 g/mol. The number of carbonyl (C=O) groups is 1. The van der Waals surface area contributed by atoms with E-state index in [9.17, 15) is 9.18 Å². The first-order chi connectivity index (χ1) is 11.5. The van der Waals surface area contributed by atoms with E-state index in [4.69, 9.17) is 5.73 Å². The Morgan fingerprint density at radius 3 is 2.71 bits per heavy atom. The van der Waals surface area contributed by atoms with Crippen molar-refractivity contribution in [3.63, 3.8) is 0 Å². The quantitative estimate of drug-likeness (QED) is 0.772. The van der Waals surface area contributed by atoms with Gasteiger partial charge in [0.25, 0.3) is 5.91 Å². The van der Waals surface area contributed by atoms with Crippen LogP contribution in [0.1, 0.15) is 21.6 Å². The molecule has 1 aromatic heterocycles. The lowest BCUT2D eigenvalue weighted by atomic mass is 10.2. The van der Waals surface area contributed by atoms with Crippen LogP contribution in [0, 0.1) is 12.7 Å². The summed E-state index contributed by atoms with van der Waals surface area (Å²) in [6, 6.07) is 13.4. The molecule has 0 atom stereocenters. The maximum Gasteiger partial charge on any atom is 0.280 e. The molecule has 1 amide bonds. The van der Waals surface area contributed by atoms with Crippen LogP contribution >= 0.6 is 0 Å². The first-order valence-electron chi connectivity index (χ1n) is 7.34. The number of nitrogens with one attached hydrogen (secondary N) is 1. The fraction of sp³-hybridized carbons (Fsp3) is 0.118. The summed E-state index contributed by atoms with van der Waals surface area (Å²) in [5.74, 6) is -0.658. The molecule has 3 N–H and O–H groups in total. The third-order valence-corrected chi connectivity index (χ3v) is 3.52. The Labute approximate surface area is 138 Å². The van der Waals surface area contributed by atoms with Gasteiger partial charge in [-0.15, -0.1) is 5.10 Å². The second-order valence-electron chi connectivity index (χ2n) is 5.43. The number of hydrogen-bond donors (Lipinski definition) is 2. The van der Waals surface area contributed by atoms with Crippen molar-refractivity contribution in [2.45, 2.75) is 13.5 Å². The van der Waals surface area contributed by atoms with Gasteiger partial charge in [0.2, 0.25) is 0 Å². The van der Waals surface area contributed by atoms with Crippen molar-refractivity contribution >= 4 is 17.4 Å². The van der Waals surface area contributed by atoms with Gasteiger partial charge >= 0.3 is 0 Å².